The zero-order valence-corrected chi connectivity index (χ0v) is 17.4. The minimum Gasteiger partial charge on any atom is -0.488 e. The van der Waals surface area contributed by atoms with Crippen LogP contribution in [0.4, 0.5) is 0 Å². The van der Waals surface area contributed by atoms with Crippen LogP contribution in [0.25, 0.3) is 10.4 Å². The summed E-state index contributed by atoms with van der Waals surface area (Å²) in [5.74, 6) is 0.818. The number of para-hydroxylation sites is 1. The molecule has 4 heterocycles. The van der Waals surface area contributed by atoms with Crippen LogP contribution in [-0.2, 0) is 24.4 Å². The average Bonchev–Trinajstić information content (AvgIpc) is 3.40. The number of carbonyl (C=O) groups excluding carboxylic acids is 2. The Labute approximate surface area is 176 Å². The van der Waals surface area contributed by atoms with Gasteiger partial charge in [0.15, 0.2) is 0 Å². The fourth-order valence-electron chi connectivity index (χ4n) is 3.80. The molecule has 0 unspecified atom stereocenters. The van der Waals surface area contributed by atoms with Crippen molar-refractivity contribution >= 4 is 34.5 Å². The standard InChI is InChI=1S/C22H20N2O3S2/c25-20(24-9-6-18-14(12-24)7-10-28-18)5-8-23-22(26)19-11-15-13-27-17-4-2-1-3-16(17)21(15)29-19/h1-4,7,10-11H,5-6,8-9,12-13H2,(H,23,26). The highest BCUT2D eigenvalue weighted by molar-refractivity contribution is 7.17. The number of amides is 2. The number of thiophene rings is 2. The third-order valence-corrected chi connectivity index (χ3v) is 7.56. The lowest BCUT2D eigenvalue weighted by Crippen LogP contribution is -2.37. The summed E-state index contributed by atoms with van der Waals surface area (Å²) in [6.45, 7) is 2.27. The molecular formula is C22H20N2O3S2. The molecule has 0 radical (unpaired) electrons. The second-order valence-corrected chi connectivity index (χ2v) is 9.24. The Balaban J connectivity index is 1.18. The lowest BCUT2D eigenvalue weighted by Gasteiger charge is -2.27. The number of carbonyl (C=O) groups is 2. The van der Waals surface area contributed by atoms with Gasteiger partial charge in [-0.15, -0.1) is 22.7 Å². The molecule has 7 heteroatoms. The molecule has 3 aromatic rings. The first kappa shape index (κ1) is 18.4. The van der Waals surface area contributed by atoms with Gasteiger partial charge in [-0.2, -0.15) is 0 Å². The Kier molecular flexibility index (Phi) is 4.85. The van der Waals surface area contributed by atoms with E-state index in [0.717, 1.165) is 34.7 Å². The van der Waals surface area contributed by atoms with Gasteiger partial charge in [0, 0.05) is 46.9 Å². The van der Waals surface area contributed by atoms with Gasteiger partial charge in [-0.25, -0.2) is 0 Å². The molecule has 2 aliphatic rings. The van der Waals surface area contributed by atoms with Crippen LogP contribution in [0.1, 0.15) is 32.1 Å². The number of nitrogens with zero attached hydrogens (tertiary/aromatic N) is 1. The predicted octanol–water partition coefficient (Wildman–Crippen LogP) is 4.07. The van der Waals surface area contributed by atoms with Gasteiger partial charge >= 0.3 is 0 Å². The van der Waals surface area contributed by atoms with Crippen molar-refractivity contribution in [3.63, 3.8) is 0 Å². The van der Waals surface area contributed by atoms with E-state index >= 15 is 0 Å². The van der Waals surface area contributed by atoms with Crippen molar-refractivity contribution in [1.29, 1.82) is 0 Å². The quantitative estimate of drug-likeness (QED) is 0.687. The van der Waals surface area contributed by atoms with E-state index in [9.17, 15) is 9.59 Å². The zero-order valence-electron chi connectivity index (χ0n) is 15.8. The highest BCUT2D eigenvalue weighted by atomic mass is 32.1. The van der Waals surface area contributed by atoms with Crippen molar-refractivity contribution in [3.05, 3.63) is 62.7 Å². The first-order chi connectivity index (χ1) is 14.2. The molecule has 5 rings (SSSR count). The van der Waals surface area contributed by atoms with Crippen LogP contribution in [0.3, 0.4) is 0 Å². The predicted molar refractivity (Wildman–Crippen MR) is 114 cm³/mol. The number of ether oxygens (including phenoxy) is 1. The van der Waals surface area contributed by atoms with Gasteiger partial charge in [0.05, 0.1) is 4.88 Å². The van der Waals surface area contributed by atoms with E-state index in [0.29, 0.717) is 31.0 Å². The van der Waals surface area contributed by atoms with Gasteiger partial charge < -0.3 is 15.0 Å². The van der Waals surface area contributed by atoms with Crippen molar-refractivity contribution in [1.82, 2.24) is 10.2 Å². The number of nitrogens with one attached hydrogen (secondary N) is 1. The second-order valence-electron chi connectivity index (χ2n) is 7.19. The van der Waals surface area contributed by atoms with Gasteiger partial charge in [-0.3, -0.25) is 9.59 Å². The molecule has 5 nitrogen and oxygen atoms in total. The molecule has 0 atom stereocenters. The largest absolute Gasteiger partial charge is 0.488 e. The van der Waals surface area contributed by atoms with E-state index in [-0.39, 0.29) is 11.8 Å². The van der Waals surface area contributed by atoms with Crippen molar-refractivity contribution in [2.75, 3.05) is 13.1 Å². The number of hydrogen-bond acceptors (Lipinski definition) is 5. The van der Waals surface area contributed by atoms with Gasteiger partial charge in [0.1, 0.15) is 12.4 Å². The van der Waals surface area contributed by atoms with E-state index in [1.165, 1.54) is 21.8 Å². The van der Waals surface area contributed by atoms with Crippen LogP contribution in [0.15, 0.2) is 41.8 Å². The van der Waals surface area contributed by atoms with E-state index in [4.69, 9.17) is 4.74 Å². The van der Waals surface area contributed by atoms with Crippen LogP contribution >= 0.6 is 22.7 Å². The van der Waals surface area contributed by atoms with E-state index < -0.39 is 0 Å². The molecular weight excluding hydrogens is 404 g/mol. The normalized spacial score (nSPS) is 14.4. The van der Waals surface area contributed by atoms with E-state index in [2.05, 4.69) is 16.8 Å². The molecule has 148 valence electrons. The maximum atomic E-state index is 12.6. The van der Waals surface area contributed by atoms with Crippen LogP contribution in [0.2, 0.25) is 0 Å². The molecule has 2 aromatic heterocycles. The molecule has 2 amide bonds. The van der Waals surface area contributed by atoms with Crippen molar-refractivity contribution in [2.45, 2.75) is 26.0 Å². The van der Waals surface area contributed by atoms with Gasteiger partial charge in [-0.1, -0.05) is 12.1 Å². The van der Waals surface area contributed by atoms with Gasteiger partial charge in [0.25, 0.3) is 5.91 Å². The topological polar surface area (TPSA) is 58.6 Å². The summed E-state index contributed by atoms with van der Waals surface area (Å²) < 4.78 is 5.77. The average molecular weight is 425 g/mol. The Morgan fingerprint density at radius 2 is 2.07 bits per heavy atom. The fraction of sp³-hybridized carbons (Fsp3) is 0.273. The third kappa shape index (κ3) is 3.56. The minimum absolute atomic E-state index is 0.0925. The van der Waals surface area contributed by atoms with Gasteiger partial charge in [-0.05, 0) is 41.6 Å². The summed E-state index contributed by atoms with van der Waals surface area (Å²) in [7, 11) is 0. The number of benzene rings is 1. The molecule has 0 aliphatic carbocycles. The summed E-state index contributed by atoms with van der Waals surface area (Å²) >= 11 is 3.24. The highest BCUT2D eigenvalue weighted by Gasteiger charge is 2.23. The van der Waals surface area contributed by atoms with Crippen molar-refractivity contribution in [3.8, 4) is 16.2 Å². The summed E-state index contributed by atoms with van der Waals surface area (Å²) in [5, 5.41) is 4.99. The van der Waals surface area contributed by atoms with Crippen molar-refractivity contribution in [2.24, 2.45) is 0 Å². The molecule has 0 fully saturated rings. The zero-order chi connectivity index (χ0) is 19.8. The molecule has 0 spiro atoms. The third-order valence-electron chi connectivity index (χ3n) is 5.33. The van der Waals surface area contributed by atoms with Crippen LogP contribution in [-0.4, -0.2) is 29.8 Å². The minimum atomic E-state index is -0.131. The lowest BCUT2D eigenvalue weighted by atomic mass is 10.1. The Bertz CT molecular complexity index is 1090. The molecule has 2 aliphatic heterocycles. The maximum Gasteiger partial charge on any atom is 0.261 e. The van der Waals surface area contributed by atoms with Crippen molar-refractivity contribution < 1.29 is 14.3 Å². The molecule has 0 bridgehead atoms. The summed E-state index contributed by atoms with van der Waals surface area (Å²) in [6.07, 6.45) is 1.25. The molecule has 1 aromatic carbocycles. The fourth-order valence-corrected chi connectivity index (χ4v) is 5.80. The SMILES string of the molecule is O=C(NCCC(=O)N1CCc2sccc2C1)c1cc2c(s1)-c1ccccc1OC2. The molecule has 0 saturated carbocycles. The van der Waals surface area contributed by atoms with Crippen LogP contribution in [0, 0.1) is 0 Å². The first-order valence-corrected chi connectivity index (χ1v) is 11.3. The highest BCUT2D eigenvalue weighted by Crippen LogP contribution is 2.42. The monoisotopic (exact) mass is 424 g/mol. The molecule has 0 saturated heterocycles. The first-order valence-electron chi connectivity index (χ1n) is 9.65. The number of fused-ring (bicyclic) bond motifs is 4. The van der Waals surface area contributed by atoms with Gasteiger partial charge in [0.2, 0.25) is 5.91 Å². The smallest absolute Gasteiger partial charge is 0.261 e. The Morgan fingerprint density at radius 3 is 3.00 bits per heavy atom. The summed E-state index contributed by atoms with van der Waals surface area (Å²) in [6, 6.07) is 11.9. The van der Waals surface area contributed by atoms with E-state index in [1.807, 2.05) is 35.2 Å². The Hall–Kier alpha value is -2.64. The number of rotatable bonds is 4. The van der Waals surface area contributed by atoms with Crippen LogP contribution in [0.5, 0.6) is 5.75 Å². The molecule has 29 heavy (non-hydrogen) atoms. The number of hydrogen-bond donors (Lipinski definition) is 1. The Morgan fingerprint density at radius 1 is 1.17 bits per heavy atom. The van der Waals surface area contributed by atoms with Crippen LogP contribution < -0.4 is 10.1 Å². The summed E-state index contributed by atoms with van der Waals surface area (Å²) in [4.78, 5) is 30.1. The maximum absolute atomic E-state index is 12.6. The molecule has 1 N–H and O–H groups in total. The van der Waals surface area contributed by atoms with E-state index in [1.54, 1.807) is 11.3 Å². The summed E-state index contributed by atoms with van der Waals surface area (Å²) in [5.41, 5.74) is 3.32. The second kappa shape index (κ2) is 7.65. The lowest BCUT2D eigenvalue weighted by molar-refractivity contribution is -0.131.